The van der Waals surface area contributed by atoms with E-state index in [0.29, 0.717) is 18.9 Å². The van der Waals surface area contributed by atoms with Gasteiger partial charge in [-0.1, -0.05) is 20.3 Å². The second kappa shape index (κ2) is 6.61. The fourth-order valence-electron chi connectivity index (χ4n) is 2.35. The van der Waals surface area contributed by atoms with E-state index in [1.54, 1.807) is 4.90 Å². The Balaban J connectivity index is 2.59. The molecule has 1 aliphatic rings. The first kappa shape index (κ1) is 14.8. The molecule has 1 rings (SSSR count). The lowest BCUT2D eigenvalue weighted by Gasteiger charge is -2.37. The summed E-state index contributed by atoms with van der Waals surface area (Å²) in [6.45, 7) is 6.76. The van der Waals surface area contributed by atoms with E-state index >= 15 is 0 Å². The summed E-state index contributed by atoms with van der Waals surface area (Å²) in [7, 11) is 0. The number of nitrogens with zero attached hydrogens (tertiary/aromatic N) is 1. The molecule has 1 saturated heterocycles. The zero-order valence-corrected chi connectivity index (χ0v) is 11.5. The normalized spacial score (nSPS) is 25.6. The maximum Gasteiger partial charge on any atom is 0.326 e. The quantitative estimate of drug-likeness (QED) is 0.809. The zero-order chi connectivity index (χ0) is 13.7. The standard InChI is InChI=1S/C13H24N2O3/c1-4-5-11(12(16)17)14-13(18)15-8-9(2)6-7-10(15)3/h9-11H,4-8H2,1-3H3,(H,14,18)(H,16,17)/t9?,10?,11-/m0/s1. The third-order valence-corrected chi connectivity index (χ3v) is 3.55. The lowest BCUT2D eigenvalue weighted by Crippen LogP contribution is -2.53. The zero-order valence-electron chi connectivity index (χ0n) is 11.5. The summed E-state index contributed by atoms with van der Waals surface area (Å²) >= 11 is 0. The smallest absolute Gasteiger partial charge is 0.326 e. The molecule has 18 heavy (non-hydrogen) atoms. The molecule has 1 fully saturated rings. The van der Waals surface area contributed by atoms with Crippen LogP contribution in [0.3, 0.4) is 0 Å². The number of piperidine rings is 1. The fraction of sp³-hybridized carbons (Fsp3) is 0.846. The number of amides is 2. The maximum atomic E-state index is 12.1. The number of carbonyl (C=O) groups is 2. The van der Waals surface area contributed by atoms with Gasteiger partial charge in [-0.15, -0.1) is 0 Å². The summed E-state index contributed by atoms with van der Waals surface area (Å²) in [5, 5.41) is 11.7. The van der Waals surface area contributed by atoms with Crippen LogP contribution in [-0.2, 0) is 4.79 Å². The lowest BCUT2D eigenvalue weighted by molar-refractivity contribution is -0.139. The fourth-order valence-corrected chi connectivity index (χ4v) is 2.35. The molecule has 0 radical (unpaired) electrons. The van der Waals surface area contributed by atoms with Gasteiger partial charge in [0.15, 0.2) is 0 Å². The highest BCUT2D eigenvalue weighted by Gasteiger charge is 2.29. The molecule has 3 atom stereocenters. The van der Waals surface area contributed by atoms with Gasteiger partial charge in [0, 0.05) is 12.6 Å². The average Bonchev–Trinajstić information content (AvgIpc) is 2.31. The number of likely N-dealkylation sites (tertiary alicyclic amines) is 1. The van der Waals surface area contributed by atoms with Crippen LogP contribution in [0.4, 0.5) is 4.79 Å². The van der Waals surface area contributed by atoms with Crippen molar-refractivity contribution >= 4 is 12.0 Å². The minimum absolute atomic E-state index is 0.192. The summed E-state index contributed by atoms with van der Waals surface area (Å²) in [5.74, 6) is -0.468. The topological polar surface area (TPSA) is 69.6 Å². The van der Waals surface area contributed by atoms with Crippen molar-refractivity contribution in [3.63, 3.8) is 0 Å². The molecule has 5 nitrogen and oxygen atoms in total. The van der Waals surface area contributed by atoms with Crippen molar-refractivity contribution in [1.29, 1.82) is 0 Å². The number of nitrogens with one attached hydrogen (secondary N) is 1. The van der Waals surface area contributed by atoms with Crippen molar-refractivity contribution in [3.8, 4) is 0 Å². The Kier molecular flexibility index (Phi) is 5.44. The molecule has 0 aromatic rings. The van der Waals surface area contributed by atoms with E-state index in [1.165, 1.54) is 0 Å². The molecular formula is C13H24N2O3. The van der Waals surface area contributed by atoms with Crippen molar-refractivity contribution in [1.82, 2.24) is 10.2 Å². The van der Waals surface area contributed by atoms with Gasteiger partial charge in [-0.3, -0.25) is 0 Å². The molecule has 2 amide bonds. The Labute approximate surface area is 109 Å². The number of carbonyl (C=O) groups excluding carboxylic acids is 1. The highest BCUT2D eigenvalue weighted by molar-refractivity contribution is 5.82. The molecule has 2 unspecified atom stereocenters. The van der Waals surface area contributed by atoms with Gasteiger partial charge in [0.1, 0.15) is 6.04 Å². The van der Waals surface area contributed by atoms with Crippen LogP contribution in [0.5, 0.6) is 0 Å². The molecule has 1 heterocycles. The van der Waals surface area contributed by atoms with Gasteiger partial charge in [0.2, 0.25) is 0 Å². The molecule has 0 aromatic carbocycles. The number of aliphatic carboxylic acids is 1. The number of rotatable bonds is 4. The van der Waals surface area contributed by atoms with Crippen molar-refractivity contribution in [2.24, 2.45) is 5.92 Å². The molecule has 0 spiro atoms. The van der Waals surface area contributed by atoms with Crippen LogP contribution in [0.1, 0.15) is 46.5 Å². The molecule has 0 saturated carbocycles. The molecular weight excluding hydrogens is 232 g/mol. The van der Waals surface area contributed by atoms with Crippen molar-refractivity contribution < 1.29 is 14.7 Å². The van der Waals surface area contributed by atoms with E-state index in [1.807, 2.05) is 13.8 Å². The van der Waals surface area contributed by atoms with E-state index in [0.717, 1.165) is 19.3 Å². The van der Waals surface area contributed by atoms with Gasteiger partial charge in [0.25, 0.3) is 0 Å². The maximum absolute atomic E-state index is 12.1. The van der Waals surface area contributed by atoms with Gasteiger partial charge in [0.05, 0.1) is 0 Å². The number of carboxylic acid groups (broad SMARTS) is 1. The Morgan fingerprint density at radius 1 is 1.39 bits per heavy atom. The van der Waals surface area contributed by atoms with Crippen LogP contribution in [0.2, 0.25) is 0 Å². The first-order chi connectivity index (χ1) is 8.45. The second-order valence-corrected chi connectivity index (χ2v) is 5.31. The van der Waals surface area contributed by atoms with Crippen LogP contribution in [0.25, 0.3) is 0 Å². The monoisotopic (exact) mass is 256 g/mol. The van der Waals surface area contributed by atoms with E-state index < -0.39 is 12.0 Å². The average molecular weight is 256 g/mol. The lowest BCUT2D eigenvalue weighted by atomic mass is 9.95. The summed E-state index contributed by atoms with van der Waals surface area (Å²) in [5.41, 5.74) is 0. The van der Waals surface area contributed by atoms with Crippen LogP contribution >= 0.6 is 0 Å². The minimum Gasteiger partial charge on any atom is -0.480 e. The van der Waals surface area contributed by atoms with Crippen LogP contribution in [0, 0.1) is 5.92 Å². The summed E-state index contributed by atoms with van der Waals surface area (Å²) in [6.07, 6.45) is 3.32. The number of hydrogen-bond acceptors (Lipinski definition) is 2. The Bertz CT molecular complexity index is 307. The molecule has 0 aromatic heterocycles. The third-order valence-electron chi connectivity index (χ3n) is 3.55. The molecule has 5 heteroatoms. The summed E-state index contributed by atoms with van der Waals surface area (Å²) in [6, 6.07) is -0.820. The van der Waals surface area contributed by atoms with Crippen molar-refractivity contribution in [2.75, 3.05) is 6.54 Å². The molecule has 2 N–H and O–H groups in total. The van der Waals surface area contributed by atoms with Crippen molar-refractivity contribution in [2.45, 2.75) is 58.5 Å². The highest BCUT2D eigenvalue weighted by atomic mass is 16.4. The van der Waals surface area contributed by atoms with Gasteiger partial charge in [-0.2, -0.15) is 0 Å². The number of urea groups is 1. The van der Waals surface area contributed by atoms with Gasteiger partial charge in [-0.25, -0.2) is 9.59 Å². The highest BCUT2D eigenvalue weighted by Crippen LogP contribution is 2.21. The Morgan fingerprint density at radius 3 is 2.61 bits per heavy atom. The third kappa shape index (κ3) is 3.89. The largest absolute Gasteiger partial charge is 0.480 e. The number of hydrogen-bond donors (Lipinski definition) is 2. The number of carboxylic acids is 1. The van der Waals surface area contributed by atoms with E-state index in [-0.39, 0.29) is 12.1 Å². The predicted octanol–water partition coefficient (Wildman–Crippen LogP) is 2.07. The van der Waals surface area contributed by atoms with Gasteiger partial charge in [-0.05, 0) is 32.1 Å². The second-order valence-electron chi connectivity index (χ2n) is 5.31. The molecule has 104 valence electrons. The first-order valence-electron chi connectivity index (χ1n) is 6.75. The van der Waals surface area contributed by atoms with Crippen molar-refractivity contribution in [3.05, 3.63) is 0 Å². The SMILES string of the molecule is CCC[C@H](NC(=O)N1CC(C)CCC1C)C(=O)O. The Morgan fingerprint density at radius 2 is 2.06 bits per heavy atom. The van der Waals surface area contributed by atoms with Crippen LogP contribution in [0.15, 0.2) is 0 Å². The van der Waals surface area contributed by atoms with E-state index in [2.05, 4.69) is 12.2 Å². The van der Waals surface area contributed by atoms with Crippen LogP contribution < -0.4 is 5.32 Å². The van der Waals surface area contributed by atoms with Gasteiger partial charge >= 0.3 is 12.0 Å². The first-order valence-corrected chi connectivity index (χ1v) is 6.75. The van der Waals surface area contributed by atoms with E-state index in [4.69, 9.17) is 5.11 Å². The van der Waals surface area contributed by atoms with Crippen LogP contribution in [-0.4, -0.2) is 40.6 Å². The van der Waals surface area contributed by atoms with Gasteiger partial charge < -0.3 is 15.3 Å². The summed E-state index contributed by atoms with van der Waals surface area (Å²) in [4.78, 5) is 24.9. The molecule has 0 aliphatic carbocycles. The predicted molar refractivity (Wildman–Crippen MR) is 69.4 cm³/mol. The molecule has 0 bridgehead atoms. The van der Waals surface area contributed by atoms with E-state index in [9.17, 15) is 9.59 Å². The molecule has 1 aliphatic heterocycles. The Hall–Kier alpha value is -1.26. The summed E-state index contributed by atoms with van der Waals surface area (Å²) < 4.78 is 0. The minimum atomic E-state index is -0.956.